The molecule has 0 fully saturated rings. The van der Waals surface area contributed by atoms with Crippen molar-refractivity contribution < 1.29 is 19.2 Å². The zero-order valence-corrected chi connectivity index (χ0v) is 17.8. The van der Waals surface area contributed by atoms with Gasteiger partial charge in [-0.15, -0.1) is 0 Å². The number of hydrogen-bond acceptors (Lipinski definition) is 6. The predicted octanol–water partition coefficient (Wildman–Crippen LogP) is 3.18. The molecule has 2 amide bonds. The van der Waals surface area contributed by atoms with Crippen molar-refractivity contribution in [1.82, 2.24) is 4.90 Å². The van der Waals surface area contributed by atoms with E-state index in [4.69, 9.17) is 4.74 Å². The van der Waals surface area contributed by atoms with Crippen LogP contribution >= 0.6 is 15.9 Å². The van der Waals surface area contributed by atoms with Gasteiger partial charge >= 0.3 is 0 Å². The smallest absolute Gasteiger partial charge is 0.296 e. The lowest BCUT2D eigenvalue weighted by Gasteiger charge is -2.17. The van der Waals surface area contributed by atoms with Gasteiger partial charge < -0.3 is 15.4 Å². The topological polar surface area (TPSA) is 114 Å². The Labute approximate surface area is 176 Å². The molecule has 9 nitrogen and oxygen atoms in total. The highest BCUT2D eigenvalue weighted by Gasteiger charge is 2.18. The number of rotatable bonds is 8. The van der Waals surface area contributed by atoms with Crippen LogP contribution in [0.2, 0.25) is 0 Å². The van der Waals surface area contributed by atoms with Crippen LogP contribution in [0.1, 0.15) is 5.56 Å². The molecular formula is C19H21BrN4O5. The third-order valence-electron chi connectivity index (χ3n) is 3.97. The van der Waals surface area contributed by atoms with E-state index in [1.807, 2.05) is 19.1 Å². The van der Waals surface area contributed by atoms with Crippen molar-refractivity contribution in [3.63, 3.8) is 0 Å². The highest BCUT2D eigenvalue weighted by atomic mass is 79.9. The van der Waals surface area contributed by atoms with Gasteiger partial charge in [-0.25, -0.2) is 0 Å². The molecule has 0 saturated carbocycles. The molecule has 0 aliphatic rings. The number of methoxy groups -OCH3 is 1. The van der Waals surface area contributed by atoms with Gasteiger partial charge in [-0.05, 0) is 49.9 Å². The summed E-state index contributed by atoms with van der Waals surface area (Å²) in [6.07, 6.45) is 0. The molecule has 0 spiro atoms. The Morgan fingerprint density at radius 1 is 1.10 bits per heavy atom. The van der Waals surface area contributed by atoms with Gasteiger partial charge in [0, 0.05) is 10.2 Å². The molecule has 0 aliphatic heterocycles. The first-order chi connectivity index (χ1) is 13.7. The molecule has 0 heterocycles. The van der Waals surface area contributed by atoms with E-state index < -0.39 is 10.8 Å². The fourth-order valence-electron chi connectivity index (χ4n) is 2.59. The first-order valence-corrected chi connectivity index (χ1v) is 9.35. The van der Waals surface area contributed by atoms with E-state index in [1.165, 1.54) is 30.2 Å². The first-order valence-electron chi connectivity index (χ1n) is 8.56. The van der Waals surface area contributed by atoms with Crippen LogP contribution in [-0.2, 0) is 9.59 Å². The van der Waals surface area contributed by atoms with E-state index in [0.29, 0.717) is 11.4 Å². The van der Waals surface area contributed by atoms with E-state index in [2.05, 4.69) is 26.6 Å². The number of carbonyl (C=O) groups is 2. The molecule has 2 aromatic rings. The van der Waals surface area contributed by atoms with Gasteiger partial charge in [0.2, 0.25) is 11.8 Å². The zero-order valence-electron chi connectivity index (χ0n) is 16.2. The molecule has 2 aromatic carbocycles. The fourth-order valence-corrected chi connectivity index (χ4v) is 3.06. The number of nitro groups is 1. The van der Waals surface area contributed by atoms with Gasteiger partial charge in [-0.2, -0.15) is 0 Å². The summed E-state index contributed by atoms with van der Waals surface area (Å²) >= 11 is 3.36. The summed E-state index contributed by atoms with van der Waals surface area (Å²) in [4.78, 5) is 36.6. The standard InChI is InChI=1S/C19H21BrN4O5/c1-12-8-13(20)4-6-15(12)21-18(25)10-23(2)11-19(26)22-16-7-5-14(29-3)9-17(16)24(27)28/h4-9H,10-11H2,1-3H3,(H,21,25)(H,22,26). The van der Waals surface area contributed by atoms with Gasteiger partial charge in [0.1, 0.15) is 11.4 Å². The SMILES string of the molecule is COc1ccc(NC(=O)CN(C)CC(=O)Nc2ccc(Br)cc2C)c([N+](=O)[O-])c1. The predicted molar refractivity (Wildman–Crippen MR) is 113 cm³/mol. The second kappa shape index (κ2) is 9.99. The summed E-state index contributed by atoms with van der Waals surface area (Å²) in [5, 5.41) is 16.5. The highest BCUT2D eigenvalue weighted by molar-refractivity contribution is 9.10. The lowest BCUT2D eigenvalue weighted by molar-refractivity contribution is -0.384. The molecule has 0 bridgehead atoms. The number of anilines is 2. The Balaban J connectivity index is 1.93. The van der Waals surface area contributed by atoms with Crippen LogP contribution in [0.4, 0.5) is 17.1 Å². The van der Waals surface area contributed by atoms with Crippen molar-refractivity contribution in [2.45, 2.75) is 6.92 Å². The largest absolute Gasteiger partial charge is 0.496 e. The molecule has 0 saturated heterocycles. The summed E-state index contributed by atoms with van der Waals surface area (Å²) in [5.74, 6) is -0.443. The maximum atomic E-state index is 12.2. The molecule has 0 unspecified atom stereocenters. The highest BCUT2D eigenvalue weighted by Crippen LogP contribution is 2.28. The number of nitrogens with one attached hydrogen (secondary N) is 2. The minimum absolute atomic E-state index is 0.0202. The van der Waals surface area contributed by atoms with Gasteiger partial charge in [0.25, 0.3) is 5.69 Å². The molecule has 29 heavy (non-hydrogen) atoms. The normalized spacial score (nSPS) is 10.5. The quantitative estimate of drug-likeness (QED) is 0.457. The van der Waals surface area contributed by atoms with E-state index in [1.54, 1.807) is 13.1 Å². The Hall–Kier alpha value is -2.98. The lowest BCUT2D eigenvalue weighted by Crippen LogP contribution is -2.36. The first kappa shape index (κ1) is 22.3. The van der Waals surface area contributed by atoms with Crippen LogP contribution in [0, 0.1) is 17.0 Å². The van der Waals surface area contributed by atoms with E-state index in [9.17, 15) is 19.7 Å². The Morgan fingerprint density at radius 3 is 2.24 bits per heavy atom. The second-order valence-corrected chi connectivity index (χ2v) is 7.28. The molecule has 10 heteroatoms. The summed E-state index contributed by atoms with van der Waals surface area (Å²) in [7, 11) is 3.00. The second-order valence-electron chi connectivity index (χ2n) is 6.37. The Bertz CT molecular complexity index is 935. The molecule has 0 atom stereocenters. The molecule has 0 radical (unpaired) electrons. The summed E-state index contributed by atoms with van der Waals surface area (Å²) in [6.45, 7) is 1.74. The molecule has 2 rings (SSSR count). The number of likely N-dealkylation sites (N-methyl/N-ethyl adjacent to an activating group) is 1. The summed E-state index contributed by atoms with van der Waals surface area (Å²) < 4.78 is 5.88. The van der Waals surface area contributed by atoms with Crippen molar-refractivity contribution in [3.8, 4) is 5.75 Å². The van der Waals surface area contributed by atoms with E-state index in [-0.39, 0.29) is 30.4 Å². The number of aryl methyl sites for hydroxylation is 1. The number of hydrogen-bond donors (Lipinski definition) is 2. The average molecular weight is 465 g/mol. The van der Waals surface area contributed by atoms with Gasteiger partial charge in [0.15, 0.2) is 0 Å². The Morgan fingerprint density at radius 2 is 1.69 bits per heavy atom. The van der Waals surface area contributed by atoms with Gasteiger partial charge in [0.05, 0.1) is 31.2 Å². The maximum absolute atomic E-state index is 12.2. The molecular weight excluding hydrogens is 444 g/mol. The molecule has 2 N–H and O–H groups in total. The Kier molecular flexibility index (Phi) is 7.68. The monoisotopic (exact) mass is 464 g/mol. The van der Waals surface area contributed by atoms with Crippen LogP contribution in [-0.4, -0.2) is 48.9 Å². The van der Waals surface area contributed by atoms with Crippen LogP contribution in [0.5, 0.6) is 5.75 Å². The number of ether oxygens (including phenoxy) is 1. The van der Waals surface area contributed by atoms with Crippen LogP contribution in [0.3, 0.4) is 0 Å². The minimum atomic E-state index is -0.601. The fraction of sp³-hybridized carbons (Fsp3) is 0.263. The zero-order chi connectivity index (χ0) is 21.6. The summed E-state index contributed by atoms with van der Waals surface area (Å²) in [6, 6.07) is 9.63. The number of carbonyl (C=O) groups excluding carboxylic acids is 2. The van der Waals surface area contributed by atoms with Crippen molar-refractivity contribution in [2.24, 2.45) is 0 Å². The van der Waals surface area contributed by atoms with Crippen molar-refractivity contribution in [1.29, 1.82) is 0 Å². The van der Waals surface area contributed by atoms with Gasteiger partial charge in [-0.3, -0.25) is 24.6 Å². The number of halogens is 1. The van der Waals surface area contributed by atoms with Crippen molar-refractivity contribution >= 4 is 44.8 Å². The summed E-state index contributed by atoms with van der Waals surface area (Å²) in [5.41, 5.74) is 1.37. The number of nitro benzene ring substituents is 1. The minimum Gasteiger partial charge on any atom is -0.496 e. The number of amides is 2. The number of benzene rings is 2. The third-order valence-corrected chi connectivity index (χ3v) is 4.46. The lowest BCUT2D eigenvalue weighted by atomic mass is 10.2. The molecule has 154 valence electrons. The van der Waals surface area contributed by atoms with Crippen molar-refractivity contribution in [2.75, 3.05) is 37.9 Å². The van der Waals surface area contributed by atoms with E-state index in [0.717, 1.165) is 10.0 Å². The third kappa shape index (κ3) is 6.54. The van der Waals surface area contributed by atoms with Crippen LogP contribution in [0.15, 0.2) is 40.9 Å². The molecule has 0 aliphatic carbocycles. The molecule has 0 aromatic heterocycles. The maximum Gasteiger partial charge on any atom is 0.296 e. The van der Waals surface area contributed by atoms with E-state index >= 15 is 0 Å². The van der Waals surface area contributed by atoms with Crippen LogP contribution in [0.25, 0.3) is 0 Å². The van der Waals surface area contributed by atoms with Gasteiger partial charge in [-0.1, -0.05) is 15.9 Å². The van der Waals surface area contributed by atoms with Crippen molar-refractivity contribution in [3.05, 3.63) is 56.5 Å². The number of nitrogens with zero attached hydrogens (tertiary/aromatic N) is 2. The average Bonchev–Trinajstić information content (AvgIpc) is 2.63. The van der Waals surface area contributed by atoms with Crippen LogP contribution < -0.4 is 15.4 Å².